The Bertz CT molecular complexity index is 322. The molecule has 0 aliphatic heterocycles. The maximum Gasteiger partial charge on any atom is 0.500 e. The molecule has 0 saturated carbocycles. The molecule has 0 N–H and O–H groups in total. The zero-order valence-electron chi connectivity index (χ0n) is 11.7. The molecule has 0 heterocycles. The number of rotatable bonds is 8. The minimum atomic E-state index is -2.41. The second-order valence-electron chi connectivity index (χ2n) is 4.16. The summed E-state index contributed by atoms with van der Waals surface area (Å²) in [6, 6.07) is 11.2. The van der Waals surface area contributed by atoms with E-state index < -0.39 is 8.80 Å². The fourth-order valence-electron chi connectivity index (χ4n) is 1.90. The highest BCUT2D eigenvalue weighted by molar-refractivity contribution is 6.60. The number of nitrogens with zero attached hydrogens (tertiary/aromatic N) is 1. The van der Waals surface area contributed by atoms with E-state index in [-0.39, 0.29) is 0 Å². The topological polar surface area (TPSA) is 30.9 Å². The maximum atomic E-state index is 5.40. The first-order valence-electron chi connectivity index (χ1n) is 6.09. The van der Waals surface area contributed by atoms with Gasteiger partial charge in [0, 0.05) is 46.7 Å². The fraction of sp³-hybridized carbons (Fsp3) is 0.538. The van der Waals surface area contributed by atoms with Crippen molar-refractivity contribution in [2.24, 2.45) is 0 Å². The summed E-state index contributed by atoms with van der Waals surface area (Å²) in [7, 11) is 4.64. The molecule has 0 aliphatic rings. The van der Waals surface area contributed by atoms with E-state index in [1.165, 1.54) is 5.69 Å². The summed E-state index contributed by atoms with van der Waals surface area (Å²) < 4.78 is 16.2. The Balaban J connectivity index is 2.42. The lowest BCUT2D eigenvalue weighted by Crippen LogP contribution is -2.43. The van der Waals surface area contributed by atoms with Gasteiger partial charge in [-0.15, -0.1) is 0 Å². The molecule has 1 rings (SSSR count). The molecule has 0 aliphatic carbocycles. The first-order chi connectivity index (χ1) is 8.67. The Hall–Kier alpha value is -0.883. The average molecular weight is 269 g/mol. The maximum absolute atomic E-state index is 5.40. The third kappa shape index (κ3) is 4.10. The van der Waals surface area contributed by atoms with Gasteiger partial charge in [-0.05, 0) is 18.6 Å². The molecular formula is C13H23NO3Si. The zero-order valence-corrected chi connectivity index (χ0v) is 12.7. The molecule has 0 spiro atoms. The lowest BCUT2D eigenvalue weighted by atomic mass is 10.3. The summed E-state index contributed by atoms with van der Waals surface area (Å²) in [6.45, 7) is 0.953. The molecule has 0 bridgehead atoms. The van der Waals surface area contributed by atoms with Gasteiger partial charge in [0.25, 0.3) is 0 Å². The molecule has 1 aromatic rings. The molecule has 0 amide bonds. The highest BCUT2D eigenvalue weighted by atomic mass is 28.4. The molecule has 0 radical (unpaired) electrons. The molecule has 18 heavy (non-hydrogen) atoms. The molecule has 102 valence electrons. The molecule has 0 unspecified atom stereocenters. The third-order valence-corrected chi connectivity index (χ3v) is 5.94. The Morgan fingerprint density at radius 1 is 1.00 bits per heavy atom. The highest BCUT2D eigenvalue weighted by Gasteiger charge is 2.36. The first-order valence-corrected chi connectivity index (χ1v) is 8.02. The van der Waals surface area contributed by atoms with Crippen molar-refractivity contribution < 1.29 is 13.3 Å². The van der Waals surface area contributed by atoms with Crippen LogP contribution in [0.25, 0.3) is 0 Å². The smallest absolute Gasteiger partial charge is 0.377 e. The van der Waals surface area contributed by atoms with E-state index in [0.717, 1.165) is 19.0 Å². The van der Waals surface area contributed by atoms with Gasteiger partial charge >= 0.3 is 8.80 Å². The van der Waals surface area contributed by atoms with Crippen molar-refractivity contribution in [2.45, 2.75) is 12.5 Å². The van der Waals surface area contributed by atoms with Gasteiger partial charge < -0.3 is 18.2 Å². The summed E-state index contributed by atoms with van der Waals surface area (Å²) in [5.74, 6) is 0. The molecule has 0 atom stereocenters. The van der Waals surface area contributed by atoms with Crippen molar-refractivity contribution in [1.29, 1.82) is 0 Å². The van der Waals surface area contributed by atoms with Crippen LogP contribution in [0.3, 0.4) is 0 Å². The van der Waals surface area contributed by atoms with Crippen molar-refractivity contribution in [3.8, 4) is 0 Å². The standard InChI is InChI=1S/C13H23NO3Si/c1-14(13-9-6-5-7-10-13)11-8-12-18(15-2,16-3)17-4/h5-7,9-10H,8,11-12H2,1-4H3. The zero-order chi connectivity index (χ0) is 13.4. The van der Waals surface area contributed by atoms with Crippen molar-refractivity contribution in [2.75, 3.05) is 39.8 Å². The van der Waals surface area contributed by atoms with Crippen LogP contribution >= 0.6 is 0 Å². The van der Waals surface area contributed by atoms with Gasteiger partial charge in [-0.2, -0.15) is 0 Å². The van der Waals surface area contributed by atoms with E-state index in [0.29, 0.717) is 0 Å². The monoisotopic (exact) mass is 269 g/mol. The van der Waals surface area contributed by atoms with Crippen molar-refractivity contribution in [3.05, 3.63) is 30.3 Å². The fourth-order valence-corrected chi connectivity index (χ4v) is 3.60. The molecule has 0 saturated heterocycles. The van der Waals surface area contributed by atoms with Crippen LogP contribution < -0.4 is 4.90 Å². The van der Waals surface area contributed by atoms with Gasteiger partial charge in [0.05, 0.1) is 0 Å². The quantitative estimate of drug-likeness (QED) is 0.678. The average Bonchev–Trinajstić information content (AvgIpc) is 2.45. The third-order valence-electron chi connectivity index (χ3n) is 3.11. The van der Waals surface area contributed by atoms with E-state index in [1.54, 1.807) is 21.3 Å². The lowest BCUT2D eigenvalue weighted by Gasteiger charge is -2.26. The van der Waals surface area contributed by atoms with Gasteiger partial charge in [0.2, 0.25) is 0 Å². The molecule has 4 nitrogen and oxygen atoms in total. The van der Waals surface area contributed by atoms with E-state index in [1.807, 2.05) is 18.2 Å². The minimum Gasteiger partial charge on any atom is -0.377 e. The first kappa shape index (κ1) is 15.2. The second-order valence-corrected chi connectivity index (χ2v) is 7.25. The van der Waals surface area contributed by atoms with Crippen LogP contribution in [0.1, 0.15) is 6.42 Å². The van der Waals surface area contributed by atoms with Gasteiger partial charge in [-0.25, -0.2) is 0 Å². The van der Waals surface area contributed by atoms with Crippen molar-refractivity contribution in [1.82, 2.24) is 0 Å². The molecular weight excluding hydrogens is 246 g/mol. The summed E-state index contributed by atoms with van der Waals surface area (Å²) >= 11 is 0. The summed E-state index contributed by atoms with van der Waals surface area (Å²) in [5.41, 5.74) is 1.22. The summed E-state index contributed by atoms with van der Waals surface area (Å²) in [4.78, 5) is 2.22. The summed E-state index contributed by atoms with van der Waals surface area (Å²) in [5, 5.41) is 0. The van der Waals surface area contributed by atoms with Crippen molar-refractivity contribution in [3.63, 3.8) is 0 Å². The van der Waals surface area contributed by atoms with E-state index in [4.69, 9.17) is 13.3 Å². The van der Waals surface area contributed by atoms with Crippen LogP contribution in [0.4, 0.5) is 5.69 Å². The molecule has 5 heteroatoms. The van der Waals surface area contributed by atoms with Gasteiger partial charge in [-0.3, -0.25) is 0 Å². The Labute approximate surface area is 111 Å². The number of benzene rings is 1. The van der Waals surface area contributed by atoms with Crippen LogP contribution in [-0.2, 0) is 13.3 Å². The SMILES string of the molecule is CO[Si](CCCN(C)c1ccccc1)(OC)OC. The van der Waals surface area contributed by atoms with Gasteiger partial charge in [-0.1, -0.05) is 18.2 Å². The van der Waals surface area contributed by atoms with Crippen LogP contribution in [0.15, 0.2) is 30.3 Å². The number of anilines is 1. The highest BCUT2D eigenvalue weighted by Crippen LogP contribution is 2.17. The minimum absolute atomic E-state index is 0.827. The predicted octanol–water partition coefficient (Wildman–Crippen LogP) is 2.39. The van der Waals surface area contributed by atoms with Gasteiger partial charge in [0.1, 0.15) is 0 Å². The van der Waals surface area contributed by atoms with Crippen molar-refractivity contribution >= 4 is 14.5 Å². The van der Waals surface area contributed by atoms with Crippen LogP contribution in [0.2, 0.25) is 6.04 Å². The van der Waals surface area contributed by atoms with E-state index >= 15 is 0 Å². The Morgan fingerprint density at radius 2 is 1.56 bits per heavy atom. The predicted molar refractivity (Wildman–Crippen MR) is 75.9 cm³/mol. The second kappa shape index (κ2) is 7.53. The number of para-hydroxylation sites is 1. The molecule has 0 fully saturated rings. The van der Waals surface area contributed by atoms with Crippen LogP contribution in [-0.4, -0.2) is 43.7 Å². The van der Waals surface area contributed by atoms with Crippen LogP contribution in [0, 0.1) is 0 Å². The normalized spacial score (nSPS) is 11.6. The van der Waals surface area contributed by atoms with Crippen LogP contribution in [0.5, 0.6) is 0 Å². The molecule has 1 aromatic carbocycles. The summed E-state index contributed by atoms with van der Waals surface area (Å²) in [6.07, 6.45) is 0.979. The Kier molecular flexibility index (Phi) is 6.35. The van der Waals surface area contributed by atoms with E-state index in [9.17, 15) is 0 Å². The Morgan fingerprint density at radius 3 is 2.06 bits per heavy atom. The van der Waals surface area contributed by atoms with Gasteiger partial charge in [0.15, 0.2) is 0 Å². The number of hydrogen-bond acceptors (Lipinski definition) is 4. The number of hydrogen-bond donors (Lipinski definition) is 0. The van der Waals surface area contributed by atoms with E-state index in [2.05, 4.69) is 24.1 Å². The molecule has 0 aromatic heterocycles. The largest absolute Gasteiger partial charge is 0.500 e. The lowest BCUT2D eigenvalue weighted by molar-refractivity contribution is 0.123.